The first-order valence-corrected chi connectivity index (χ1v) is 4.16. The Balaban J connectivity index is 2.38. The molecule has 1 rings (SSSR count). The SMILES string of the molecule is CCC(=O)CCc1cc(C)no1. The van der Waals surface area contributed by atoms with Crippen molar-refractivity contribution in [1.82, 2.24) is 5.16 Å². The van der Waals surface area contributed by atoms with Gasteiger partial charge in [0, 0.05) is 25.3 Å². The number of rotatable bonds is 4. The van der Waals surface area contributed by atoms with Gasteiger partial charge < -0.3 is 4.52 Å². The third kappa shape index (κ3) is 2.49. The second-order valence-corrected chi connectivity index (χ2v) is 2.83. The molecule has 0 spiro atoms. The van der Waals surface area contributed by atoms with Crippen LogP contribution < -0.4 is 0 Å². The van der Waals surface area contributed by atoms with Gasteiger partial charge in [-0.15, -0.1) is 0 Å². The van der Waals surface area contributed by atoms with E-state index in [1.165, 1.54) is 0 Å². The molecule has 1 aromatic heterocycles. The summed E-state index contributed by atoms with van der Waals surface area (Å²) in [7, 11) is 0. The van der Waals surface area contributed by atoms with Gasteiger partial charge in [-0.3, -0.25) is 4.79 Å². The summed E-state index contributed by atoms with van der Waals surface area (Å²) in [6.45, 7) is 3.74. The van der Waals surface area contributed by atoms with Gasteiger partial charge in [-0.1, -0.05) is 12.1 Å². The summed E-state index contributed by atoms with van der Waals surface area (Å²) >= 11 is 0. The number of carbonyl (C=O) groups is 1. The first kappa shape index (κ1) is 8.97. The van der Waals surface area contributed by atoms with Gasteiger partial charge in [0.25, 0.3) is 0 Å². The van der Waals surface area contributed by atoms with Crippen LogP contribution in [0.3, 0.4) is 0 Å². The maximum Gasteiger partial charge on any atom is 0.137 e. The summed E-state index contributed by atoms with van der Waals surface area (Å²) < 4.78 is 4.96. The van der Waals surface area contributed by atoms with E-state index in [1.54, 1.807) is 0 Å². The van der Waals surface area contributed by atoms with Crippen LogP contribution in [0.25, 0.3) is 0 Å². The maximum atomic E-state index is 10.9. The topological polar surface area (TPSA) is 43.1 Å². The van der Waals surface area contributed by atoms with Gasteiger partial charge >= 0.3 is 0 Å². The fourth-order valence-corrected chi connectivity index (χ4v) is 0.974. The summed E-state index contributed by atoms with van der Waals surface area (Å²) in [5.41, 5.74) is 0.869. The lowest BCUT2D eigenvalue weighted by Gasteiger charge is -1.92. The Morgan fingerprint density at radius 2 is 2.42 bits per heavy atom. The molecule has 0 N–H and O–H groups in total. The number of ketones is 1. The predicted molar refractivity (Wildman–Crippen MR) is 44.9 cm³/mol. The van der Waals surface area contributed by atoms with E-state index in [9.17, 15) is 4.79 Å². The standard InChI is InChI=1S/C9H13NO2/c1-3-8(11)4-5-9-6-7(2)10-12-9/h6H,3-5H2,1-2H3. The monoisotopic (exact) mass is 167 g/mol. The number of carbonyl (C=O) groups excluding carboxylic acids is 1. The molecule has 1 heterocycles. The minimum Gasteiger partial charge on any atom is -0.361 e. The molecule has 3 nitrogen and oxygen atoms in total. The molecule has 0 aliphatic rings. The molecular formula is C9H13NO2. The van der Waals surface area contributed by atoms with Crippen LogP contribution in [0, 0.1) is 6.92 Å². The van der Waals surface area contributed by atoms with Crippen molar-refractivity contribution in [2.75, 3.05) is 0 Å². The van der Waals surface area contributed by atoms with E-state index in [4.69, 9.17) is 4.52 Å². The van der Waals surface area contributed by atoms with Crippen molar-refractivity contribution in [2.45, 2.75) is 33.1 Å². The average molecular weight is 167 g/mol. The van der Waals surface area contributed by atoms with Crippen LogP contribution in [0.15, 0.2) is 10.6 Å². The molecule has 0 unspecified atom stereocenters. The highest BCUT2D eigenvalue weighted by molar-refractivity contribution is 5.78. The molecule has 0 amide bonds. The molecule has 3 heteroatoms. The summed E-state index contributed by atoms with van der Waals surface area (Å²) in [5.74, 6) is 1.07. The van der Waals surface area contributed by atoms with Crippen LogP contribution in [-0.4, -0.2) is 10.9 Å². The molecule has 0 bridgehead atoms. The van der Waals surface area contributed by atoms with Crippen molar-refractivity contribution in [1.29, 1.82) is 0 Å². The Morgan fingerprint density at radius 3 is 2.92 bits per heavy atom. The van der Waals surface area contributed by atoms with Gasteiger partial charge in [0.1, 0.15) is 11.5 Å². The summed E-state index contributed by atoms with van der Waals surface area (Å²) in [4.78, 5) is 10.9. The van der Waals surface area contributed by atoms with Crippen LogP contribution in [0.1, 0.15) is 31.2 Å². The largest absolute Gasteiger partial charge is 0.361 e. The van der Waals surface area contributed by atoms with E-state index < -0.39 is 0 Å². The lowest BCUT2D eigenvalue weighted by Crippen LogP contribution is -1.96. The van der Waals surface area contributed by atoms with Crippen LogP contribution >= 0.6 is 0 Å². The van der Waals surface area contributed by atoms with E-state index in [0.29, 0.717) is 19.3 Å². The molecule has 0 fully saturated rings. The van der Waals surface area contributed by atoms with E-state index in [1.807, 2.05) is 19.9 Å². The number of Topliss-reactive ketones (excluding diaryl/α,β-unsaturated/α-hetero) is 1. The third-order valence-corrected chi connectivity index (χ3v) is 1.72. The Bertz CT molecular complexity index is 265. The Hall–Kier alpha value is -1.12. The summed E-state index contributed by atoms with van der Waals surface area (Å²) in [6, 6.07) is 1.86. The van der Waals surface area contributed by atoms with Crippen LogP contribution in [0.2, 0.25) is 0 Å². The quantitative estimate of drug-likeness (QED) is 0.687. The van der Waals surface area contributed by atoms with Crippen LogP contribution in [0.4, 0.5) is 0 Å². The highest BCUT2D eigenvalue weighted by Crippen LogP contribution is 2.05. The number of aryl methyl sites for hydroxylation is 2. The zero-order chi connectivity index (χ0) is 8.97. The van der Waals surface area contributed by atoms with Gasteiger partial charge in [-0.05, 0) is 6.92 Å². The molecule has 0 saturated carbocycles. The van der Waals surface area contributed by atoms with Crippen molar-refractivity contribution >= 4 is 5.78 Å². The van der Waals surface area contributed by atoms with Gasteiger partial charge in [-0.2, -0.15) is 0 Å². The summed E-state index contributed by atoms with van der Waals surface area (Å²) in [6.07, 6.45) is 1.84. The van der Waals surface area contributed by atoms with E-state index in [-0.39, 0.29) is 5.78 Å². The molecule has 0 aliphatic heterocycles. The molecule has 0 saturated heterocycles. The van der Waals surface area contributed by atoms with Crippen LogP contribution in [-0.2, 0) is 11.2 Å². The predicted octanol–water partition coefficient (Wildman–Crippen LogP) is 1.89. The molecule has 66 valence electrons. The number of hydrogen-bond donors (Lipinski definition) is 0. The molecule has 0 aromatic carbocycles. The second kappa shape index (κ2) is 4.04. The lowest BCUT2D eigenvalue weighted by molar-refractivity contribution is -0.118. The number of aromatic nitrogens is 1. The Kier molecular flexibility index (Phi) is 3.02. The fraction of sp³-hybridized carbons (Fsp3) is 0.556. The Labute approximate surface area is 71.7 Å². The first-order valence-electron chi connectivity index (χ1n) is 4.16. The minimum absolute atomic E-state index is 0.268. The van der Waals surface area contributed by atoms with Gasteiger partial charge in [0.05, 0.1) is 5.69 Å². The average Bonchev–Trinajstić information content (AvgIpc) is 2.47. The van der Waals surface area contributed by atoms with E-state index in [0.717, 1.165) is 11.5 Å². The maximum absolute atomic E-state index is 10.9. The summed E-state index contributed by atoms with van der Waals surface area (Å²) in [5, 5.41) is 3.73. The van der Waals surface area contributed by atoms with Crippen molar-refractivity contribution in [3.63, 3.8) is 0 Å². The van der Waals surface area contributed by atoms with Crippen molar-refractivity contribution in [3.05, 3.63) is 17.5 Å². The molecular weight excluding hydrogens is 154 g/mol. The lowest BCUT2D eigenvalue weighted by atomic mass is 10.1. The van der Waals surface area contributed by atoms with Gasteiger partial charge in [0.15, 0.2) is 0 Å². The Morgan fingerprint density at radius 1 is 1.67 bits per heavy atom. The molecule has 0 atom stereocenters. The zero-order valence-corrected chi connectivity index (χ0v) is 7.46. The third-order valence-electron chi connectivity index (χ3n) is 1.72. The minimum atomic E-state index is 0.268. The highest BCUT2D eigenvalue weighted by atomic mass is 16.5. The molecule has 12 heavy (non-hydrogen) atoms. The number of hydrogen-bond acceptors (Lipinski definition) is 3. The highest BCUT2D eigenvalue weighted by Gasteiger charge is 2.03. The van der Waals surface area contributed by atoms with Gasteiger partial charge in [0.2, 0.25) is 0 Å². The number of nitrogens with zero attached hydrogens (tertiary/aromatic N) is 1. The normalized spacial score (nSPS) is 10.2. The smallest absolute Gasteiger partial charge is 0.137 e. The van der Waals surface area contributed by atoms with Crippen molar-refractivity contribution in [3.8, 4) is 0 Å². The molecule has 1 aromatic rings. The zero-order valence-electron chi connectivity index (χ0n) is 7.46. The fourth-order valence-electron chi connectivity index (χ4n) is 0.974. The molecule has 0 aliphatic carbocycles. The van der Waals surface area contributed by atoms with Crippen molar-refractivity contribution < 1.29 is 9.32 Å². The van der Waals surface area contributed by atoms with E-state index >= 15 is 0 Å². The second-order valence-electron chi connectivity index (χ2n) is 2.83. The van der Waals surface area contributed by atoms with Crippen LogP contribution in [0.5, 0.6) is 0 Å². The first-order chi connectivity index (χ1) is 5.72. The van der Waals surface area contributed by atoms with Gasteiger partial charge in [-0.25, -0.2) is 0 Å². The molecule has 0 radical (unpaired) electrons. The van der Waals surface area contributed by atoms with Crippen molar-refractivity contribution in [2.24, 2.45) is 0 Å². The van der Waals surface area contributed by atoms with E-state index in [2.05, 4.69) is 5.16 Å².